The Kier molecular flexibility index (Phi) is 5.29. The van der Waals surface area contributed by atoms with Crippen molar-refractivity contribution >= 4 is 17.8 Å². The molecule has 1 rings (SSSR count). The number of nitrogens with zero attached hydrogens (tertiary/aromatic N) is 1. The highest BCUT2D eigenvalue weighted by atomic mass is 32.2. The van der Waals surface area contributed by atoms with E-state index in [1.54, 1.807) is 11.8 Å². The second kappa shape index (κ2) is 6.26. The first-order chi connectivity index (χ1) is 7.13. The van der Waals surface area contributed by atoms with Crippen LogP contribution in [0, 0.1) is 5.92 Å². The van der Waals surface area contributed by atoms with Crippen molar-refractivity contribution in [3.05, 3.63) is 0 Å². The summed E-state index contributed by atoms with van der Waals surface area (Å²) in [5.74, 6) is 1.63. The van der Waals surface area contributed by atoms with Crippen molar-refractivity contribution in [2.45, 2.75) is 32.7 Å². The third-order valence-electron chi connectivity index (χ3n) is 2.73. The first-order valence-corrected chi connectivity index (χ1v) is 7.07. The van der Waals surface area contributed by atoms with Gasteiger partial charge in [0.1, 0.15) is 0 Å². The number of carbonyl (C=O) groups is 1. The van der Waals surface area contributed by atoms with Crippen LogP contribution in [0.3, 0.4) is 0 Å². The van der Waals surface area contributed by atoms with Gasteiger partial charge in [-0.1, -0.05) is 6.92 Å². The molecule has 1 aliphatic rings. The predicted molar refractivity (Wildman–Crippen MR) is 66.3 cm³/mol. The molecule has 0 spiro atoms. The largest absolute Gasteiger partial charge is 0.335 e. The molecule has 3 nitrogen and oxygen atoms in total. The number of piperidine rings is 1. The number of amides is 2. The van der Waals surface area contributed by atoms with Gasteiger partial charge >= 0.3 is 6.03 Å². The van der Waals surface area contributed by atoms with Gasteiger partial charge in [-0.2, -0.15) is 11.8 Å². The van der Waals surface area contributed by atoms with Crippen molar-refractivity contribution in [2.75, 3.05) is 25.1 Å². The Morgan fingerprint density at radius 1 is 1.67 bits per heavy atom. The van der Waals surface area contributed by atoms with E-state index in [0.29, 0.717) is 5.92 Å². The molecule has 88 valence electrons. The van der Waals surface area contributed by atoms with E-state index in [1.165, 1.54) is 6.42 Å². The fraction of sp³-hybridized carbons (Fsp3) is 0.909. The van der Waals surface area contributed by atoms with Crippen LogP contribution >= 0.6 is 11.8 Å². The SMILES string of the molecule is CSCC(C)NC(=O)N1CCCC(C)C1. The average Bonchev–Trinajstić information content (AvgIpc) is 2.18. The van der Waals surface area contributed by atoms with Gasteiger partial charge in [0.15, 0.2) is 0 Å². The molecule has 1 fully saturated rings. The Hall–Kier alpha value is -0.380. The van der Waals surface area contributed by atoms with Crippen LogP contribution in [0.1, 0.15) is 26.7 Å². The molecule has 0 bridgehead atoms. The van der Waals surface area contributed by atoms with Crippen LogP contribution in [0.2, 0.25) is 0 Å². The summed E-state index contributed by atoms with van der Waals surface area (Å²) in [6.45, 7) is 6.10. The summed E-state index contributed by atoms with van der Waals surface area (Å²) in [5, 5.41) is 3.04. The minimum absolute atomic E-state index is 0.114. The molecule has 1 aliphatic heterocycles. The molecule has 15 heavy (non-hydrogen) atoms. The summed E-state index contributed by atoms with van der Waals surface area (Å²) >= 11 is 1.77. The van der Waals surface area contributed by atoms with Gasteiger partial charge in [0.05, 0.1) is 0 Å². The molecule has 0 saturated carbocycles. The van der Waals surface area contributed by atoms with E-state index >= 15 is 0 Å². The van der Waals surface area contributed by atoms with Crippen molar-refractivity contribution in [2.24, 2.45) is 5.92 Å². The molecule has 0 aromatic carbocycles. The standard InChI is InChI=1S/C11H22N2OS/c1-9-5-4-6-13(7-9)11(14)12-10(2)8-15-3/h9-10H,4-8H2,1-3H3,(H,12,14). The van der Waals surface area contributed by atoms with Gasteiger partial charge in [0, 0.05) is 24.9 Å². The fourth-order valence-corrected chi connectivity index (χ4v) is 2.55. The highest BCUT2D eigenvalue weighted by molar-refractivity contribution is 7.98. The molecule has 2 unspecified atom stereocenters. The maximum Gasteiger partial charge on any atom is 0.317 e. The zero-order chi connectivity index (χ0) is 11.3. The molecule has 0 aromatic rings. The highest BCUT2D eigenvalue weighted by Gasteiger charge is 2.21. The van der Waals surface area contributed by atoms with Crippen LogP contribution in [0.4, 0.5) is 4.79 Å². The highest BCUT2D eigenvalue weighted by Crippen LogP contribution is 2.15. The summed E-state index contributed by atoms with van der Waals surface area (Å²) in [5.41, 5.74) is 0. The van der Waals surface area contributed by atoms with Gasteiger partial charge in [0.25, 0.3) is 0 Å². The van der Waals surface area contributed by atoms with Crippen LogP contribution in [-0.4, -0.2) is 42.1 Å². The lowest BCUT2D eigenvalue weighted by molar-refractivity contribution is 0.168. The number of thioether (sulfide) groups is 1. The Balaban J connectivity index is 2.32. The zero-order valence-corrected chi connectivity index (χ0v) is 10.8. The van der Waals surface area contributed by atoms with Crippen LogP contribution in [-0.2, 0) is 0 Å². The Morgan fingerprint density at radius 2 is 2.40 bits per heavy atom. The maximum absolute atomic E-state index is 11.8. The minimum Gasteiger partial charge on any atom is -0.335 e. The van der Waals surface area contributed by atoms with E-state index in [1.807, 2.05) is 4.90 Å². The number of nitrogens with one attached hydrogen (secondary N) is 1. The predicted octanol–water partition coefficient (Wildman–Crippen LogP) is 2.18. The number of carbonyl (C=O) groups excluding carboxylic acids is 1. The van der Waals surface area contributed by atoms with Gasteiger partial charge in [-0.05, 0) is 31.9 Å². The fourth-order valence-electron chi connectivity index (χ4n) is 1.97. The third-order valence-corrected chi connectivity index (χ3v) is 3.56. The molecular formula is C11H22N2OS. The van der Waals surface area contributed by atoms with Crippen molar-refractivity contribution in [3.8, 4) is 0 Å². The van der Waals surface area contributed by atoms with Crippen molar-refractivity contribution in [1.29, 1.82) is 0 Å². The van der Waals surface area contributed by atoms with Crippen LogP contribution in [0.25, 0.3) is 0 Å². The molecule has 1 saturated heterocycles. The van der Waals surface area contributed by atoms with Gasteiger partial charge < -0.3 is 10.2 Å². The first-order valence-electron chi connectivity index (χ1n) is 5.68. The van der Waals surface area contributed by atoms with Gasteiger partial charge in [-0.15, -0.1) is 0 Å². The maximum atomic E-state index is 11.8. The Morgan fingerprint density at radius 3 is 3.00 bits per heavy atom. The molecule has 1 N–H and O–H groups in total. The number of hydrogen-bond donors (Lipinski definition) is 1. The van der Waals surface area contributed by atoms with Crippen LogP contribution < -0.4 is 5.32 Å². The monoisotopic (exact) mass is 230 g/mol. The molecule has 0 radical (unpaired) electrons. The van der Waals surface area contributed by atoms with E-state index in [9.17, 15) is 4.79 Å². The molecular weight excluding hydrogens is 208 g/mol. The molecule has 4 heteroatoms. The second-order valence-electron chi connectivity index (χ2n) is 4.50. The first kappa shape index (κ1) is 12.7. The topological polar surface area (TPSA) is 32.3 Å². The average molecular weight is 230 g/mol. The van der Waals surface area contributed by atoms with Crippen molar-refractivity contribution < 1.29 is 4.79 Å². The summed E-state index contributed by atoms with van der Waals surface area (Å²) in [6, 6.07) is 0.382. The van der Waals surface area contributed by atoms with Crippen LogP contribution in [0.15, 0.2) is 0 Å². The Bertz CT molecular complexity index is 211. The summed E-state index contributed by atoms with van der Waals surface area (Å²) < 4.78 is 0. The summed E-state index contributed by atoms with van der Waals surface area (Å²) in [6.07, 6.45) is 4.46. The Labute approximate surface area is 97.0 Å². The van der Waals surface area contributed by atoms with E-state index in [2.05, 4.69) is 25.4 Å². The molecule has 1 heterocycles. The van der Waals surface area contributed by atoms with E-state index in [4.69, 9.17) is 0 Å². The number of rotatable bonds is 3. The van der Waals surface area contributed by atoms with Crippen molar-refractivity contribution in [3.63, 3.8) is 0 Å². The van der Waals surface area contributed by atoms with Gasteiger partial charge in [-0.3, -0.25) is 0 Å². The van der Waals surface area contributed by atoms with Gasteiger partial charge in [-0.25, -0.2) is 4.79 Å². The smallest absolute Gasteiger partial charge is 0.317 e. The molecule has 0 aliphatic carbocycles. The number of urea groups is 1. The summed E-state index contributed by atoms with van der Waals surface area (Å²) in [7, 11) is 0. The summed E-state index contributed by atoms with van der Waals surface area (Å²) in [4.78, 5) is 13.8. The lowest BCUT2D eigenvalue weighted by Crippen LogP contribution is -2.48. The van der Waals surface area contributed by atoms with Crippen molar-refractivity contribution in [1.82, 2.24) is 10.2 Å². The molecule has 2 atom stereocenters. The van der Waals surface area contributed by atoms with E-state index in [0.717, 1.165) is 25.3 Å². The lowest BCUT2D eigenvalue weighted by Gasteiger charge is -2.31. The van der Waals surface area contributed by atoms with E-state index < -0.39 is 0 Å². The zero-order valence-electron chi connectivity index (χ0n) is 9.95. The second-order valence-corrected chi connectivity index (χ2v) is 5.41. The lowest BCUT2D eigenvalue weighted by atomic mass is 10.0. The third kappa shape index (κ3) is 4.33. The quantitative estimate of drug-likeness (QED) is 0.806. The van der Waals surface area contributed by atoms with Gasteiger partial charge in [0.2, 0.25) is 0 Å². The molecule has 2 amide bonds. The van der Waals surface area contributed by atoms with E-state index in [-0.39, 0.29) is 12.1 Å². The minimum atomic E-state index is 0.114. The number of hydrogen-bond acceptors (Lipinski definition) is 2. The van der Waals surface area contributed by atoms with Crippen LogP contribution in [0.5, 0.6) is 0 Å². The molecule has 0 aromatic heterocycles. The number of likely N-dealkylation sites (tertiary alicyclic amines) is 1. The normalized spacial score (nSPS) is 23.7.